The van der Waals surface area contributed by atoms with Crippen molar-refractivity contribution in [3.05, 3.63) is 48.3 Å². The van der Waals surface area contributed by atoms with Crippen LogP contribution in [0.25, 0.3) is 0 Å². The average Bonchev–Trinajstić information content (AvgIpc) is 3.47. The molecule has 4 rings (SSSR count). The number of piperidine rings is 1. The minimum Gasteiger partial charge on any atom is -0.342 e. The summed E-state index contributed by atoms with van der Waals surface area (Å²) in [6, 6.07) is 11.9. The molecule has 124 valence electrons. The van der Waals surface area contributed by atoms with Crippen LogP contribution in [0.2, 0.25) is 0 Å². The minimum absolute atomic E-state index is 0.296. The summed E-state index contributed by atoms with van der Waals surface area (Å²) >= 11 is 0. The number of aromatic nitrogens is 2. The molecule has 2 aliphatic rings. The lowest BCUT2D eigenvalue weighted by Gasteiger charge is -2.32. The van der Waals surface area contributed by atoms with Gasteiger partial charge in [-0.3, -0.25) is 4.79 Å². The molecule has 24 heavy (non-hydrogen) atoms. The normalized spacial score (nSPS) is 20.7. The maximum absolute atomic E-state index is 12.3. The van der Waals surface area contributed by atoms with Crippen LogP contribution in [0, 0.1) is 5.92 Å². The van der Waals surface area contributed by atoms with Crippen LogP contribution in [0.5, 0.6) is 0 Å². The molecule has 0 bridgehead atoms. The molecule has 5 nitrogen and oxygen atoms in total. The molecule has 1 amide bonds. The third kappa shape index (κ3) is 3.40. The standard InChI is InChI=1S/C19H22N4O/c24-18(14-8-9-14)23-12-4-5-15(13-23)17-10-11-20-19(22-17)21-16-6-2-1-3-7-16/h1-3,6-7,10-11,14-15H,4-5,8-9,12-13H2,(H,20,21,22)/t15-/m0/s1. The quantitative estimate of drug-likeness (QED) is 0.938. The number of rotatable bonds is 4. The van der Waals surface area contributed by atoms with E-state index in [0.717, 1.165) is 50.2 Å². The SMILES string of the molecule is O=C(C1CC1)N1CCC[C@H](c2ccnc(Nc3ccccc3)n2)C1. The van der Waals surface area contributed by atoms with Gasteiger partial charge in [0.05, 0.1) is 5.69 Å². The summed E-state index contributed by atoms with van der Waals surface area (Å²) < 4.78 is 0. The molecule has 2 heterocycles. The molecule has 0 spiro atoms. The zero-order chi connectivity index (χ0) is 16.4. The molecule has 1 aliphatic heterocycles. The highest BCUT2D eigenvalue weighted by Crippen LogP contribution is 2.34. The molecule has 1 N–H and O–H groups in total. The zero-order valence-electron chi connectivity index (χ0n) is 13.7. The van der Waals surface area contributed by atoms with Crippen LogP contribution in [0.4, 0.5) is 11.6 Å². The first-order valence-corrected chi connectivity index (χ1v) is 8.73. The van der Waals surface area contributed by atoms with Crippen molar-refractivity contribution >= 4 is 17.5 Å². The lowest BCUT2D eigenvalue weighted by molar-refractivity contribution is -0.133. The number of carbonyl (C=O) groups excluding carboxylic acids is 1. The van der Waals surface area contributed by atoms with Crippen LogP contribution in [-0.2, 0) is 4.79 Å². The summed E-state index contributed by atoms with van der Waals surface area (Å²) in [5.74, 6) is 1.56. The van der Waals surface area contributed by atoms with Gasteiger partial charge in [-0.1, -0.05) is 18.2 Å². The first-order chi connectivity index (χ1) is 11.8. The van der Waals surface area contributed by atoms with Gasteiger partial charge in [-0.15, -0.1) is 0 Å². The lowest BCUT2D eigenvalue weighted by Crippen LogP contribution is -2.40. The van der Waals surface area contributed by atoms with E-state index in [2.05, 4.69) is 15.3 Å². The van der Waals surface area contributed by atoms with Gasteiger partial charge in [-0.05, 0) is 43.9 Å². The van der Waals surface area contributed by atoms with Gasteiger partial charge in [0.25, 0.3) is 0 Å². The number of nitrogens with zero attached hydrogens (tertiary/aromatic N) is 3. The van der Waals surface area contributed by atoms with Gasteiger partial charge < -0.3 is 10.2 Å². The maximum Gasteiger partial charge on any atom is 0.227 e. The molecular weight excluding hydrogens is 300 g/mol. The number of amides is 1. The van der Waals surface area contributed by atoms with Gasteiger partial charge in [0.15, 0.2) is 0 Å². The van der Waals surface area contributed by atoms with Crippen molar-refractivity contribution in [1.29, 1.82) is 0 Å². The molecule has 1 saturated carbocycles. The van der Waals surface area contributed by atoms with Crippen LogP contribution in [-0.4, -0.2) is 33.9 Å². The van der Waals surface area contributed by atoms with Crippen molar-refractivity contribution in [3.63, 3.8) is 0 Å². The van der Waals surface area contributed by atoms with Crippen molar-refractivity contribution in [2.45, 2.75) is 31.6 Å². The van der Waals surface area contributed by atoms with E-state index in [1.807, 2.05) is 41.3 Å². The van der Waals surface area contributed by atoms with Gasteiger partial charge >= 0.3 is 0 Å². The summed E-state index contributed by atoms with van der Waals surface area (Å²) in [5.41, 5.74) is 2.00. The fourth-order valence-electron chi connectivity index (χ4n) is 3.32. The molecule has 0 unspecified atom stereocenters. The molecule has 1 aliphatic carbocycles. The van der Waals surface area contributed by atoms with Crippen LogP contribution in [0.15, 0.2) is 42.6 Å². The summed E-state index contributed by atoms with van der Waals surface area (Å²) in [4.78, 5) is 23.4. The molecule has 2 fully saturated rings. The monoisotopic (exact) mass is 322 g/mol. The van der Waals surface area contributed by atoms with Crippen LogP contribution < -0.4 is 5.32 Å². The van der Waals surface area contributed by atoms with Crippen molar-refractivity contribution in [1.82, 2.24) is 14.9 Å². The van der Waals surface area contributed by atoms with Gasteiger partial charge in [0.2, 0.25) is 11.9 Å². The predicted octanol–water partition coefficient (Wildman–Crippen LogP) is 3.34. The molecule has 1 saturated heterocycles. The summed E-state index contributed by atoms with van der Waals surface area (Å²) in [6.45, 7) is 1.68. The number of likely N-dealkylation sites (tertiary alicyclic amines) is 1. The zero-order valence-corrected chi connectivity index (χ0v) is 13.7. The second kappa shape index (κ2) is 6.59. The Morgan fingerprint density at radius 2 is 1.96 bits per heavy atom. The van der Waals surface area contributed by atoms with Crippen molar-refractivity contribution in [2.75, 3.05) is 18.4 Å². The van der Waals surface area contributed by atoms with E-state index >= 15 is 0 Å². The average molecular weight is 322 g/mol. The Balaban J connectivity index is 1.47. The van der Waals surface area contributed by atoms with Crippen molar-refractivity contribution in [3.8, 4) is 0 Å². The molecule has 1 aromatic carbocycles. The maximum atomic E-state index is 12.3. The lowest BCUT2D eigenvalue weighted by atomic mass is 9.94. The molecule has 0 radical (unpaired) electrons. The Morgan fingerprint density at radius 3 is 2.75 bits per heavy atom. The van der Waals surface area contributed by atoms with E-state index in [4.69, 9.17) is 0 Å². The third-order valence-corrected chi connectivity index (χ3v) is 4.78. The van der Waals surface area contributed by atoms with E-state index in [0.29, 0.717) is 23.7 Å². The topological polar surface area (TPSA) is 58.1 Å². The number of para-hydroxylation sites is 1. The summed E-state index contributed by atoms with van der Waals surface area (Å²) in [7, 11) is 0. The number of hydrogen-bond acceptors (Lipinski definition) is 4. The molecule has 2 aromatic rings. The van der Waals surface area contributed by atoms with Crippen LogP contribution in [0.3, 0.4) is 0 Å². The Labute approximate surface area is 142 Å². The third-order valence-electron chi connectivity index (χ3n) is 4.78. The summed E-state index contributed by atoms with van der Waals surface area (Å²) in [6.07, 6.45) is 6.07. The van der Waals surface area contributed by atoms with E-state index in [9.17, 15) is 4.79 Å². The van der Waals surface area contributed by atoms with E-state index < -0.39 is 0 Å². The number of nitrogens with one attached hydrogen (secondary N) is 1. The number of hydrogen-bond donors (Lipinski definition) is 1. The van der Waals surface area contributed by atoms with Gasteiger partial charge in [0, 0.05) is 36.8 Å². The van der Waals surface area contributed by atoms with E-state index in [1.165, 1.54) is 0 Å². The number of carbonyl (C=O) groups is 1. The number of benzene rings is 1. The first-order valence-electron chi connectivity index (χ1n) is 8.73. The second-order valence-corrected chi connectivity index (χ2v) is 6.69. The Hall–Kier alpha value is -2.43. The predicted molar refractivity (Wildman–Crippen MR) is 93.0 cm³/mol. The van der Waals surface area contributed by atoms with Gasteiger partial charge in [-0.25, -0.2) is 9.97 Å². The molecule has 1 aromatic heterocycles. The smallest absolute Gasteiger partial charge is 0.227 e. The van der Waals surface area contributed by atoms with Crippen LogP contribution in [0.1, 0.15) is 37.3 Å². The second-order valence-electron chi connectivity index (χ2n) is 6.69. The Kier molecular flexibility index (Phi) is 4.15. The molecule has 5 heteroatoms. The first kappa shape index (κ1) is 15.1. The Morgan fingerprint density at radius 1 is 1.12 bits per heavy atom. The van der Waals surface area contributed by atoms with Gasteiger partial charge in [-0.2, -0.15) is 0 Å². The number of anilines is 2. The fourth-order valence-corrected chi connectivity index (χ4v) is 3.32. The highest BCUT2D eigenvalue weighted by atomic mass is 16.2. The van der Waals surface area contributed by atoms with E-state index in [-0.39, 0.29) is 0 Å². The highest BCUT2D eigenvalue weighted by Gasteiger charge is 2.35. The van der Waals surface area contributed by atoms with Crippen molar-refractivity contribution in [2.24, 2.45) is 5.92 Å². The molecular formula is C19H22N4O. The van der Waals surface area contributed by atoms with E-state index in [1.54, 1.807) is 6.20 Å². The largest absolute Gasteiger partial charge is 0.342 e. The fraction of sp³-hybridized carbons (Fsp3) is 0.421. The highest BCUT2D eigenvalue weighted by molar-refractivity contribution is 5.81. The van der Waals surface area contributed by atoms with Gasteiger partial charge in [0.1, 0.15) is 0 Å². The minimum atomic E-state index is 0.296. The summed E-state index contributed by atoms with van der Waals surface area (Å²) in [5, 5.41) is 3.24. The van der Waals surface area contributed by atoms with Crippen LogP contribution >= 0.6 is 0 Å². The Bertz CT molecular complexity index is 714. The molecule has 1 atom stereocenters. The van der Waals surface area contributed by atoms with Crippen molar-refractivity contribution < 1.29 is 4.79 Å².